The maximum atomic E-state index is 11.8. The van der Waals surface area contributed by atoms with Crippen molar-refractivity contribution in [1.29, 1.82) is 0 Å². The summed E-state index contributed by atoms with van der Waals surface area (Å²) < 4.78 is 0. The summed E-state index contributed by atoms with van der Waals surface area (Å²) in [4.78, 5) is 2.48. The van der Waals surface area contributed by atoms with E-state index in [2.05, 4.69) is 35.7 Å². The molecule has 0 amide bonds. The summed E-state index contributed by atoms with van der Waals surface area (Å²) in [5, 5.41) is 11.8. The molecule has 0 aromatic heterocycles. The van der Waals surface area contributed by atoms with Gasteiger partial charge in [0.05, 0.1) is 0 Å². The van der Waals surface area contributed by atoms with E-state index >= 15 is 0 Å². The van der Waals surface area contributed by atoms with Crippen LogP contribution in [0.25, 0.3) is 0 Å². The summed E-state index contributed by atoms with van der Waals surface area (Å²) in [6, 6.07) is 20.3. The highest BCUT2D eigenvalue weighted by molar-refractivity contribution is 5.37. The minimum absolute atomic E-state index is 0.238. The lowest BCUT2D eigenvalue weighted by Gasteiger charge is -2.42. The highest BCUT2D eigenvalue weighted by Gasteiger charge is 2.41. The van der Waals surface area contributed by atoms with E-state index in [9.17, 15) is 5.11 Å². The van der Waals surface area contributed by atoms with Crippen LogP contribution >= 0.6 is 0 Å². The Bertz CT molecular complexity index is 590. The Hall–Kier alpha value is -1.90. The molecule has 1 fully saturated rings. The summed E-state index contributed by atoms with van der Waals surface area (Å²) in [7, 11) is 0. The number of hydrogen-bond donors (Lipinski definition) is 1. The zero-order chi connectivity index (χ0) is 16.8. The molecular weight excluding hydrogens is 294 g/mol. The highest BCUT2D eigenvalue weighted by Crippen LogP contribution is 2.41. The Morgan fingerprint density at radius 3 is 1.92 bits per heavy atom. The summed E-state index contributed by atoms with van der Waals surface area (Å²) in [5.74, 6) is 0.238. The zero-order valence-electron chi connectivity index (χ0n) is 14.3. The van der Waals surface area contributed by atoms with Crippen molar-refractivity contribution >= 4 is 0 Å². The van der Waals surface area contributed by atoms with Gasteiger partial charge in [0.1, 0.15) is 5.60 Å². The predicted octanol–water partition coefficient (Wildman–Crippen LogP) is 4.21. The van der Waals surface area contributed by atoms with E-state index < -0.39 is 5.60 Å². The predicted molar refractivity (Wildman–Crippen MR) is 99.9 cm³/mol. The van der Waals surface area contributed by atoms with Crippen LogP contribution < -0.4 is 0 Å². The van der Waals surface area contributed by atoms with Crippen LogP contribution in [0.1, 0.15) is 30.4 Å². The summed E-state index contributed by atoms with van der Waals surface area (Å²) in [6.07, 6.45) is 5.04. The van der Waals surface area contributed by atoms with Gasteiger partial charge in [-0.05, 0) is 49.4 Å². The van der Waals surface area contributed by atoms with Gasteiger partial charge in [0.2, 0.25) is 0 Å². The smallest absolute Gasteiger partial charge is 0.117 e. The molecule has 2 nitrogen and oxygen atoms in total. The first-order chi connectivity index (χ1) is 11.7. The van der Waals surface area contributed by atoms with E-state index in [-0.39, 0.29) is 5.92 Å². The fraction of sp³-hybridized carbons (Fsp3) is 0.364. The van der Waals surface area contributed by atoms with Crippen molar-refractivity contribution in [2.24, 2.45) is 5.92 Å². The maximum Gasteiger partial charge on any atom is 0.117 e. The molecule has 24 heavy (non-hydrogen) atoms. The Balaban J connectivity index is 1.86. The topological polar surface area (TPSA) is 23.5 Å². The second kappa shape index (κ2) is 7.78. The third-order valence-electron chi connectivity index (χ3n) is 5.26. The molecule has 2 heteroatoms. The van der Waals surface area contributed by atoms with Crippen LogP contribution in [0.3, 0.4) is 0 Å². The lowest BCUT2D eigenvalue weighted by Crippen LogP contribution is -2.44. The molecule has 1 aliphatic rings. The van der Waals surface area contributed by atoms with Crippen molar-refractivity contribution < 1.29 is 5.11 Å². The molecule has 3 rings (SSSR count). The molecule has 2 aromatic carbocycles. The molecule has 0 bridgehead atoms. The lowest BCUT2D eigenvalue weighted by atomic mass is 9.72. The van der Waals surface area contributed by atoms with Crippen LogP contribution in [-0.2, 0) is 5.60 Å². The second-order valence-electron chi connectivity index (χ2n) is 6.69. The molecule has 0 atom stereocenters. The molecule has 0 radical (unpaired) electrons. The molecule has 1 N–H and O–H groups in total. The van der Waals surface area contributed by atoms with Crippen molar-refractivity contribution in [1.82, 2.24) is 4.90 Å². The molecule has 1 saturated heterocycles. The van der Waals surface area contributed by atoms with Gasteiger partial charge < -0.3 is 10.0 Å². The van der Waals surface area contributed by atoms with Crippen LogP contribution in [0, 0.1) is 5.92 Å². The minimum Gasteiger partial charge on any atom is -0.380 e. The minimum atomic E-state index is -0.910. The quantitative estimate of drug-likeness (QED) is 0.806. The van der Waals surface area contributed by atoms with Crippen molar-refractivity contribution in [3.63, 3.8) is 0 Å². The number of aliphatic hydroxyl groups is 1. The number of piperidine rings is 1. The fourth-order valence-electron chi connectivity index (χ4n) is 3.87. The van der Waals surface area contributed by atoms with Gasteiger partial charge in [0, 0.05) is 6.54 Å². The summed E-state index contributed by atoms with van der Waals surface area (Å²) in [6.45, 7) is 6.97. The van der Waals surface area contributed by atoms with E-state index in [1.54, 1.807) is 0 Å². The van der Waals surface area contributed by atoms with Gasteiger partial charge in [0.15, 0.2) is 0 Å². The van der Waals surface area contributed by atoms with E-state index in [0.717, 1.165) is 50.0 Å². The number of rotatable bonds is 6. The molecule has 2 aromatic rings. The van der Waals surface area contributed by atoms with Gasteiger partial charge in [-0.3, -0.25) is 0 Å². The third kappa shape index (κ3) is 3.45. The average molecular weight is 321 g/mol. The Labute approximate surface area is 145 Å². The number of hydrogen-bond acceptors (Lipinski definition) is 2. The molecule has 1 heterocycles. The van der Waals surface area contributed by atoms with Crippen molar-refractivity contribution in [2.75, 3.05) is 19.6 Å². The average Bonchev–Trinajstić information content (AvgIpc) is 2.67. The van der Waals surface area contributed by atoms with Crippen LogP contribution in [0.4, 0.5) is 0 Å². The lowest BCUT2D eigenvalue weighted by molar-refractivity contribution is -0.0139. The Morgan fingerprint density at radius 1 is 0.958 bits per heavy atom. The standard InChI is InChI=1S/C22H27NO/c1-2-3-16-23-17-14-21(15-18-23)22(24,19-10-6-4-7-11-19)20-12-8-5-9-13-20/h2,4-13,21,24H,1,3,14-18H2. The summed E-state index contributed by atoms with van der Waals surface area (Å²) in [5.41, 5.74) is 1.09. The fourth-order valence-corrected chi connectivity index (χ4v) is 3.87. The number of nitrogens with zero attached hydrogens (tertiary/aromatic N) is 1. The molecular formula is C22H27NO. The van der Waals surface area contributed by atoms with E-state index in [1.807, 2.05) is 42.5 Å². The number of benzene rings is 2. The third-order valence-corrected chi connectivity index (χ3v) is 5.26. The number of likely N-dealkylation sites (tertiary alicyclic amines) is 1. The van der Waals surface area contributed by atoms with Crippen LogP contribution in [0.15, 0.2) is 73.3 Å². The van der Waals surface area contributed by atoms with Gasteiger partial charge >= 0.3 is 0 Å². The molecule has 1 aliphatic heterocycles. The Morgan fingerprint density at radius 2 is 1.46 bits per heavy atom. The second-order valence-corrected chi connectivity index (χ2v) is 6.69. The largest absolute Gasteiger partial charge is 0.380 e. The molecule has 0 unspecified atom stereocenters. The SMILES string of the molecule is C=CCCN1CCC(C(O)(c2ccccc2)c2ccccc2)CC1. The zero-order valence-corrected chi connectivity index (χ0v) is 14.3. The Kier molecular flexibility index (Phi) is 5.49. The molecule has 0 aliphatic carbocycles. The van der Waals surface area contributed by atoms with Crippen LogP contribution in [-0.4, -0.2) is 29.6 Å². The molecule has 126 valence electrons. The van der Waals surface area contributed by atoms with Gasteiger partial charge in [-0.1, -0.05) is 66.7 Å². The monoisotopic (exact) mass is 321 g/mol. The van der Waals surface area contributed by atoms with Gasteiger partial charge in [-0.2, -0.15) is 0 Å². The molecule has 0 spiro atoms. The first kappa shape index (κ1) is 16.9. The summed E-state index contributed by atoms with van der Waals surface area (Å²) >= 11 is 0. The van der Waals surface area contributed by atoms with Gasteiger partial charge in [0.25, 0.3) is 0 Å². The first-order valence-electron chi connectivity index (χ1n) is 8.92. The van der Waals surface area contributed by atoms with Crippen LogP contribution in [0.5, 0.6) is 0 Å². The normalized spacial score (nSPS) is 16.9. The van der Waals surface area contributed by atoms with Gasteiger partial charge in [-0.25, -0.2) is 0 Å². The van der Waals surface area contributed by atoms with Crippen molar-refractivity contribution in [2.45, 2.75) is 24.9 Å². The highest BCUT2D eigenvalue weighted by atomic mass is 16.3. The van der Waals surface area contributed by atoms with E-state index in [0.29, 0.717) is 0 Å². The van der Waals surface area contributed by atoms with Crippen molar-refractivity contribution in [3.05, 3.63) is 84.4 Å². The van der Waals surface area contributed by atoms with E-state index in [4.69, 9.17) is 0 Å². The molecule has 0 saturated carbocycles. The van der Waals surface area contributed by atoms with Gasteiger partial charge in [-0.15, -0.1) is 6.58 Å². The first-order valence-corrected chi connectivity index (χ1v) is 8.92. The van der Waals surface area contributed by atoms with Crippen molar-refractivity contribution in [3.8, 4) is 0 Å². The van der Waals surface area contributed by atoms with E-state index in [1.165, 1.54) is 0 Å². The van der Waals surface area contributed by atoms with Crippen LogP contribution in [0.2, 0.25) is 0 Å². The maximum absolute atomic E-state index is 11.8.